The summed E-state index contributed by atoms with van der Waals surface area (Å²) in [5.74, 6) is 0. The quantitative estimate of drug-likeness (QED) is 0.661. The molecule has 0 aliphatic rings. The molecule has 0 spiro atoms. The molecule has 0 unspecified atom stereocenters. The van der Waals surface area contributed by atoms with Gasteiger partial charge in [0, 0.05) is 13.1 Å². The van der Waals surface area contributed by atoms with E-state index in [2.05, 4.69) is 24.4 Å². The molecule has 0 aliphatic carbocycles. The molecule has 24 heavy (non-hydrogen) atoms. The van der Waals surface area contributed by atoms with E-state index in [0.717, 1.165) is 16.7 Å². The Balaban J connectivity index is 2.04. The van der Waals surface area contributed by atoms with Crippen molar-refractivity contribution in [3.8, 4) is 0 Å². The first-order chi connectivity index (χ1) is 11.6. The van der Waals surface area contributed by atoms with Gasteiger partial charge in [-0.05, 0) is 30.5 Å². The van der Waals surface area contributed by atoms with Crippen molar-refractivity contribution in [1.82, 2.24) is 5.32 Å². The number of nitrogens with one attached hydrogen (secondary N) is 1. The lowest BCUT2D eigenvalue weighted by molar-refractivity contribution is 0.00556. The molecule has 3 N–H and O–H groups in total. The molecule has 0 amide bonds. The third-order valence-electron chi connectivity index (χ3n) is 3.85. The summed E-state index contributed by atoms with van der Waals surface area (Å²) in [6.45, 7) is 4.84. The minimum atomic E-state index is -0.626. The third kappa shape index (κ3) is 5.73. The van der Waals surface area contributed by atoms with Crippen molar-refractivity contribution >= 4 is 0 Å². The predicted molar refractivity (Wildman–Crippen MR) is 96.0 cm³/mol. The minimum Gasteiger partial charge on any atom is -0.392 e. The van der Waals surface area contributed by atoms with Crippen molar-refractivity contribution in [2.24, 2.45) is 0 Å². The van der Waals surface area contributed by atoms with E-state index < -0.39 is 12.2 Å². The Hall–Kier alpha value is -1.72. The van der Waals surface area contributed by atoms with Gasteiger partial charge in [-0.2, -0.15) is 0 Å². The van der Waals surface area contributed by atoms with Crippen LogP contribution < -0.4 is 5.32 Å². The Kier molecular flexibility index (Phi) is 7.40. The maximum Gasteiger partial charge on any atom is 0.108 e. The van der Waals surface area contributed by atoms with E-state index in [9.17, 15) is 10.2 Å². The lowest BCUT2D eigenvalue weighted by Crippen LogP contribution is -2.34. The molecular formula is C20H27NO3. The van der Waals surface area contributed by atoms with E-state index in [1.807, 2.05) is 42.5 Å². The topological polar surface area (TPSA) is 61.7 Å². The van der Waals surface area contributed by atoms with Crippen LogP contribution in [0.4, 0.5) is 0 Å². The van der Waals surface area contributed by atoms with Gasteiger partial charge in [0.1, 0.15) is 6.10 Å². The first-order valence-electron chi connectivity index (χ1n) is 8.37. The van der Waals surface area contributed by atoms with Gasteiger partial charge in [-0.25, -0.2) is 0 Å². The maximum atomic E-state index is 10.1. The van der Waals surface area contributed by atoms with Crippen molar-refractivity contribution in [1.29, 1.82) is 0 Å². The summed E-state index contributed by atoms with van der Waals surface area (Å²) in [6, 6.07) is 18.2. The van der Waals surface area contributed by atoms with Crippen LogP contribution in [0.15, 0.2) is 54.6 Å². The first kappa shape index (κ1) is 18.6. The van der Waals surface area contributed by atoms with Gasteiger partial charge in [-0.3, -0.25) is 0 Å². The molecule has 0 saturated carbocycles. The fraction of sp³-hybridized carbons (Fsp3) is 0.400. The standard InChI is InChI=1S/C20H27NO3/c1-15-8-6-7-11-19(15)20(17-9-4-3-5-10-17)24-14-18(23)13-21-12-16(2)22/h3-11,16,18,20-23H,12-14H2,1-2H3/t16-,18+,20-/m1/s1. The van der Waals surface area contributed by atoms with Crippen LogP contribution in [0.5, 0.6) is 0 Å². The number of hydrogen-bond acceptors (Lipinski definition) is 4. The smallest absolute Gasteiger partial charge is 0.108 e. The lowest BCUT2D eigenvalue weighted by atomic mass is 9.97. The molecule has 0 bridgehead atoms. The second kappa shape index (κ2) is 9.55. The second-order valence-electron chi connectivity index (χ2n) is 6.14. The molecule has 0 fully saturated rings. The molecule has 0 aromatic heterocycles. The van der Waals surface area contributed by atoms with Crippen molar-refractivity contribution in [2.45, 2.75) is 32.2 Å². The van der Waals surface area contributed by atoms with Crippen LogP contribution in [-0.4, -0.2) is 42.1 Å². The third-order valence-corrected chi connectivity index (χ3v) is 3.85. The van der Waals surface area contributed by atoms with Gasteiger partial charge in [0.15, 0.2) is 0 Å². The van der Waals surface area contributed by atoms with Crippen LogP contribution in [0.2, 0.25) is 0 Å². The largest absolute Gasteiger partial charge is 0.392 e. The van der Waals surface area contributed by atoms with Crippen LogP contribution in [0.25, 0.3) is 0 Å². The molecule has 4 heteroatoms. The summed E-state index contributed by atoms with van der Waals surface area (Å²) >= 11 is 0. The molecule has 0 saturated heterocycles. The Bertz CT molecular complexity index is 601. The van der Waals surface area contributed by atoms with Crippen LogP contribution in [0.1, 0.15) is 29.7 Å². The molecule has 130 valence electrons. The van der Waals surface area contributed by atoms with E-state index in [-0.39, 0.29) is 12.7 Å². The monoisotopic (exact) mass is 329 g/mol. The number of aliphatic hydroxyl groups is 2. The minimum absolute atomic E-state index is 0.209. The summed E-state index contributed by atoms with van der Waals surface area (Å²) in [7, 11) is 0. The van der Waals surface area contributed by atoms with Gasteiger partial charge in [0.05, 0.1) is 18.8 Å². The fourth-order valence-electron chi connectivity index (χ4n) is 2.60. The van der Waals surface area contributed by atoms with E-state index >= 15 is 0 Å². The second-order valence-corrected chi connectivity index (χ2v) is 6.14. The average Bonchev–Trinajstić information content (AvgIpc) is 2.57. The normalized spacial score (nSPS) is 15.0. The van der Waals surface area contributed by atoms with Gasteiger partial charge >= 0.3 is 0 Å². The van der Waals surface area contributed by atoms with Crippen molar-refractivity contribution in [2.75, 3.05) is 19.7 Å². The fourth-order valence-corrected chi connectivity index (χ4v) is 2.60. The maximum absolute atomic E-state index is 10.1. The number of benzene rings is 2. The van der Waals surface area contributed by atoms with Gasteiger partial charge < -0.3 is 20.3 Å². The highest BCUT2D eigenvalue weighted by Crippen LogP contribution is 2.28. The molecule has 2 aromatic rings. The zero-order chi connectivity index (χ0) is 17.4. The molecule has 2 aromatic carbocycles. The van der Waals surface area contributed by atoms with Crippen molar-refractivity contribution in [3.63, 3.8) is 0 Å². The number of ether oxygens (including phenoxy) is 1. The summed E-state index contributed by atoms with van der Waals surface area (Å²) in [4.78, 5) is 0. The lowest BCUT2D eigenvalue weighted by Gasteiger charge is -2.23. The summed E-state index contributed by atoms with van der Waals surface area (Å²) < 4.78 is 6.06. The Morgan fingerprint density at radius 1 is 0.958 bits per heavy atom. The molecule has 0 aliphatic heterocycles. The SMILES string of the molecule is Cc1ccccc1[C@H](OC[C@@H](O)CNC[C@@H](C)O)c1ccccc1. The molecule has 2 rings (SSSR count). The van der Waals surface area contributed by atoms with Crippen molar-refractivity contribution < 1.29 is 14.9 Å². The summed E-state index contributed by atoms with van der Waals surface area (Å²) in [6.07, 6.45) is -1.26. The Morgan fingerprint density at radius 2 is 1.62 bits per heavy atom. The van der Waals surface area contributed by atoms with Crippen LogP contribution in [-0.2, 0) is 4.74 Å². The van der Waals surface area contributed by atoms with Gasteiger partial charge in [-0.15, -0.1) is 0 Å². The summed E-state index contributed by atoms with van der Waals surface area (Å²) in [5, 5.41) is 22.4. The van der Waals surface area contributed by atoms with E-state index in [1.165, 1.54) is 0 Å². The number of aliphatic hydroxyl groups excluding tert-OH is 2. The molecule has 4 nitrogen and oxygen atoms in total. The predicted octanol–water partition coefficient (Wildman–Crippen LogP) is 2.43. The summed E-state index contributed by atoms with van der Waals surface area (Å²) in [5.41, 5.74) is 3.33. The van der Waals surface area contributed by atoms with E-state index in [4.69, 9.17) is 4.74 Å². The van der Waals surface area contributed by atoms with E-state index in [1.54, 1.807) is 6.92 Å². The molecule has 0 heterocycles. The zero-order valence-electron chi connectivity index (χ0n) is 14.4. The number of aryl methyl sites for hydroxylation is 1. The molecule has 0 radical (unpaired) electrons. The molecular weight excluding hydrogens is 302 g/mol. The van der Waals surface area contributed by atoms with Gasteiger partial charge in [0.2, 0.25) is 0 Å². The van der Waals surface area contributed by atoms with E-state index in [0.29, 0.717) is 13.1 Å². The first-order valence-corrected chi connectivity index (χ1v) is 8.37. The van der Waals surface area contributed by atoms with Crippen LogP contribution in [0.3, 0.4) is 0 Å². The highest BCUT2D eigenvalue weighted by molar-refractivity contribution is 5.35. The average molecular weight is 329 g/mol. The highest BCUT2D eigenvalue weighted by Gasteiger charge is 2.18. The van der Waals surface area contributed by atoms with Gasteiger partial charge in [0.25, 0.3) is 0 Å². The van der Waals surface area contributed by atoms with Crippen molar-refractivity contribution in [3.05, 3.63) is 71.3 Å². The highest BCUT2D eigenvalue weighted by atomic mass is 16.5. The van der Waals surface area contributed by atoms with Gasteiger partial charge in [-0.1, -0.05) is 54.6 Å². The van der Waals surface area contributed by atoms with Crippen LogP contribution >= 0.6 is 0 Å². The molecule has 3 atom stereocenters. The number of hydrogen-bond donors (Lipinski definition) is 3. The number of rotatable bonds is 9. The Morgan fingerprint density at radius 3 is 2.29 bits per heavy atom. The Labute approximate surface area is 144 Å². The zero-order valence-corrected chi connectivity index (χ0v) is 14.4. The van der Waals surface area contributed by atoms with Crippen LogP contribution in [0, 0.1) is 6.92 Å².